The van der Waals surface area contributed by atoms with E-state index in [2.05, 4.69) is 41.8 Å². The molecule has 2 N–H and O–H groups in total. The first-order chi connectivity index (χ1) is 6.07. The molecule has 13 heavy (non-hydrogen) atoms. The summed E-state index contributed by atoms with van der Waals surface area (Å²) in [5, 5.41) is 4.23. The Labute approximate surface area is 87.4 Å². The highest BCUT2D eigenvalue weighted by Gasteiger charge is 2.16. The zero-order valence-electron chi connectivity index (χ0n) is 8.29. The van der Waals surface area contributed by atoms with E-state index < -0.39 is 0 Å². The molecule has 0 spiro atoms. The van der Waals surface area contributed by atoms with Crippen molar-refractivity contribution in [3.05, 3.63) is 10.7 Å². The third-order valence-corrected chi connectivity index (χ3v) is 3.25. The summed E-state index contributed by atoms with van der Waals surface area (Å²) < 4.78 is 2.75. The topological polar surface area (TPSA) is 43.8 Å². The molecule has 1 aromatic heterocycles. The van der Waals surface area contributed by atoms with E-state index in [-0.39, 0.29) is 0 Å². The number of halogens is 1. The van der Waals surface area contributed by atoms with E-state index in [4.69, 9.17) is 5.73 Å². The highest BCUT2D eigenvalue weighted by atomic mass is 79.9. The lowest BCUT2D eigenvalue weighted by Gasteiger charge is -2.19. The molecule has 1 rings (SSSR count). The SMILES string of the molecule is CCC(C)C(C)n1ncc(Br)c1N. The molecule has 2 atom stereocenters. The van der Waals surface area contributed by atoms with Gasteiger partial charge in [0.2, 0.25) is 0 Å². The molecule has 0 aliphatic carbocycles. The van der Waals surface area contributed by atoms with Crippen molar-refractivity contribution in [2.75, 3.05) is 5.73 Å². The van der Waals surface area contributed by atoms with E-state index >= 15 is 0 Å². The van der Waals surface area contributed by atoms with Crippen molar-refractivity contribution < 1.29 is 0 Å². The van der Waals surface area contributed by atoms with Crippen LogP contribution in [0.1, 0.15) is 33.2 Å². The van der Waals surface area contributed by atoms with E-state index in [0.717, 1.165) is 10.9 Å². The molecule has 0 saturated heterocycles. The average molecular weight is 246 g/mol. The van der Waals surface area contributed by atoms with Crippen LogP contribution in [-0.2, 0) is 0 Å². The summed E-state index contributed by atoms with van der Waals surface area (Å²) >= 11 is 3.35. The third-order valence-electron chi connectivity index (χ3n) is 2.64. The Kier molecular flexibility index (Phi) is 3.36. The minimum Gasteiger partial charge on any atom is -0.383 e. The van der Waals surface area contributed by atoms with E-state index in [1.807, 2.05) is 4.68 Å². The average Bonchev–Trinajstić information content (AvgIpc) is 2.45. The number of hydrogen-bond acceptors (Lipinski definition) is 2. The Morgan fingerprint density at radius 1 is 1.62 bits per heavy atom. The Hall–Kier alpha value is -0.510. The number of nitrogens with two attached hydrogens (primary N) is 1. The maximum absolute atomic E-state index is 5.85. The van der Waals surface area contributed by atoms with Gasteiger partial charge in [-0.05, 0) is 28.8 Å². The molecule has 74 valence electrons. The number of hydrogen-bond donors (Lipinski definition) is 1. The Bertz CT molecular complexity index is 282. The molecular formula is C9H16BrN3. The highest BCUT2D eigenvalue weighted by Crippen LogP contribution is 2.26. The Balaban J connectivity index is 2.88. The van der Waals surface area contributed by atoms with E-state index in [0.29, 0.717) is 17.8 Å². The molecular weight excluding hydrogens is 230 g/mol. The number of anilines is 1. The molecule has 0 bridgehead atoms. The van der Waals surface area contributed by atoms with Gasteiger partial charge in [-0.1, -0.05) is 20.3 Å². The zero-order valence-corrected chi connectivity index (χ0v) is 9.87. The van der Waals surface area contributed by atoms with Crippen molar-refractivity contribution >= 4 is 21.7 Å². The molecule has 0 aromatic carbocycles. The smallest absolute Gasteiger partial charge is 0.136 e. The van der Waals surface area contributed by atoms with Crippen molar-refractivity contribution in [1.29, 1.82) is 0 Å². The Morgan fingerprint density at radius 2 is 2.23 bits per heavy atom. The summed E-state index contributed by atoms with van der Waals surface area (Å²) in [6.07, 6.45) is 2.88. The molecule has 1 heterocycles. The second-order valence-corrected chi connectivity index (χ2v) is 4.30. The van der Waals surface area contributed by atoms with E-state index in [1.165, 1.54) is 0 Å². The van der Waals surface area contributed by atoms with E-state index in [1.54, 1.807) is 6.20 Å². The summed E-state index contributed by atoms with van der Waals surface area (Å²) in [4.78, 5) is 0. The molecule has 0 aliphatic heterocycles. The van der Waals surface area contributed by atoms with Crippen LogP contribution in [0.3, 0.4) is 0 Å². The quantitative estimate of drug-likeness (QED) is 0.891. The fraction of sp³-hybridized carbons (Fsp3) is 0.667. The van der Waals surface area contributed by atoms with Gasteiger partial charge < -0.3 is 5.73 Å². The molecule has 0 aliphatic rings. The minimum absolute atomic E-state index is 0.358. The van der Waals surface area contributed by atoms with Crippen molar-refractivity contribution in [2.45, 2.75) is 33.2 Å². The molecule has 1 aromatic rings. The number of nitrogen functional groups attached to an aromatic ring is 1. The maximum Gasteiger partial charge on any atom is 0.136 e. The van der Waals surface area contributed by atoms with Crippen LogP contribution < -0.4 is 5.73 Å². The normalized spacial score (nSPS) is 15.7. The van der Waals surface area contributed by atoms with Gasteiger partial charge in [-0.2, -0.15) is 5.10 Å². The first-order valence-corrected chi connectivity index (χ1v) is 5.35. The van der Waals surface area contributed by atoms with Crippen LogP contribution in [0.25, 0.3) is 0 Å². The first kappa shape index (κ1) is 10.6. The van der Waals surface area contributed by atoms with Gasteiger partial charge in [0.05, 0.1) is 16.7 Å². The summed E-state index contributed by atoms with van der Waals surface area (Å²) in [5.41, 5.74) is 5.85. The number of nitrogens with zero attached hydrogens (tertiary/aromatic N) is 2. The zero-order chi connectivity index (χ0) is 10.0. The summed E-state index contributed by atoms with van der Waals surface area (Å²) in [5.74, 6) is 1.31. The highest BCUT2D eigenvalue weighted by molar-refractivity contribution is 9.10. The number of aromatic nitrogens is 2. The lowest BCUT2D eigenvalue weighted by atomic mass is 10.0. The van der Waals surface area contributed by atoms with Gasteiger partial charge in [0.1, 0.15) is 5.82 Å². The van der Waals surface area contributed by atoms with Gasteiger partial charge in [-0.3, -0.25) is 0 Å². The van der Waals surface area contributed by atoms with Crippen molar-refractivity contribution in [3.8, 4) is 0 Å². The molecule has 0 radical (unpaired) electrons. The second-order valence-electron chi connectivity index (χ2n) is 3.45. The van der Waals surface area contributed by atoms with Gasteiger partial charge in [-0.15, -0.1) is 0 Å². The number of rotatable bonds is 3. The van der Waals surface area contributed by atoms with Gasteiger partial charge in [0.15, 0.2) is 0 Å². The van der Waals surface area contributed by atoms with Crippen LogP contribution in [0, 0.1) is 5.92 Å². The Morgan fingerprint density at radius 3 is 2.62 bits per heavy atom. The van der Waals surface area contributed by atoms with Crippen molar-refractivity contribution in [2.24, 2.45) is 5.92 Å². The van der Waals surface area contributed by atoms with Crippen LogP contribution in [0.15, 0.2) is 10.7 Å². The van der Waals surface area contributed by atoms with Gasteiger partial charge in [0.25, 0.3) is 0 Å². The van der Waals surface area contributed by atoms with Crippen LogP contribution in [0.5, 0.6) is 0 Å². The molecule has 4 heteroatoms. The minimum atomic E-state index is 0.358. The van der Waals surface area contributed by atoms with Crippen LogP contribution in [0.2, 0.25) is 0 Å². The van der Waals surface area contributed by atoms with Crippen LogP contribution >= 0.6 is 15.9 Å². The summed E-state index contributed by atoms with van der Waals surface area (Å²) in [7, 11) is 0. The lowest BCUT2D eigenvalue weighted by molar-refractivity contribution is 0.347. The predicted molar refractivity (Wildman–Crippen MR) is 58.5 cm³/mol. The molecule has 3 nitrogen and oxygen atoms in total. The summed E-state index contributed by atoms with van der Waals surface area (Å²) in [6.45, 7) is 6.53. The van der Waals surface area contributed by atoms with E-state index in [9.17, 15) is 0 Å². The fourth-order valence-electron chi connectivity index (χ4n) is 1.26. The third kappa shape index (κ3) is 2.05. The molecule has 2 unspecified atom stereocenters. The van der Waals surface area contributed by atoms with Gasteiger partial charge in [-0.25, -0.2) is 4.68 Å². The standard InChI is InChI=1S/C9H16BrN3/c1-4-6(2)7(3)13-9(11)8(10)5-12-13/h5-7H,4,11H2,1-3H3. The largest absolute Gasteiger partial charge is 0.383 e. The maximum atomic E-state index is 5.85. The first-order valence-electron chi connectivity index (χ1n) is 4.56. The van der Waals surface area contributed by atoms with Crippen molar-refractivity contribution in [1.82, 2.24) is 9.78 Å². The van der Waals surface area contributed by atoms with Crippen LogP contribution in [0.4, 0.5) is 5.82 Å². The lowest BCUT2D eigenvalue weighted by Crippen LogP contribution is -2.16. The predicted octanol–water partition coefficient (Wildman–Crippen LogP) is 2.83. The monoisotopic (exact) mass is 245 g/mol. The van der Waals surface area contributed by atoms with Crippen molar-refractivity contribution in [3.63, 3.8) is 0 Å². The molecule has 0 amide bonds. The fourth-order valence-corrected chi connectivity index (χ4v) is 1.53. The van der Waals surface area contributed by atoms with Crippen LogP contribution in [-0.4, -0.2) is 9.78 Å². The van der Waals surface area contributed by atoms with Gasteiger partial charge in [0, 0.05) is 0 Å². The second kappa shape index (κ2) is 4.13. The van der Waals surface area contributed by atoms with Gasteiger partial charge >= 0.3 is 0 Å². The molecule has 0 saturated carbocycles. The molecule has 0 fully saturated rings. The summed E-state index contributed by atoms with van der Waals surface area (Å²) in [6, 6.07) is 0.358.